The van der Waals surface area contributed by atoms with Gasteiger partial charge in [0.05, 0.1) is 11.4 Å². The Morgan fingerprint density at radius 2 is 2.00 bits per heavy atom. The molecule has 0 fully saturated rings. The molecule has 3 aliphatic rings. The maximum atomic E-state index is 2.34. The average Bonchev–Trinajstić information content (AvgIpc) is 2.68. The molecule has 2 aliphatic carbocycles. The number of nitrogens with zero attached hydrogens (tertiary/aromatic N) is 1. The van der Waals surface area contributed by atoms with Crippen molar-refractivity contribution in [2.45, 2.75) is 20.3 Å². The fourth-order valence-electron chi connectivity index (χ4n) is 2.44. The second kappa shape index (κ2) is 4.93. The van der Waals surface area contributed by atoms with E-state index in [-0.39, 0.29) is 0 Å². The van der Waals surface area contributed by atoms with Gasteiger partial charge < -0.3 is 4.90 Å². The molecule has 1 unspecified atom stereocenters. The Bertz CT molecular complexity index is 584. The van der Waals surface area contributed by atoms with Crippen LogP contribution < -0.4 is 0 Å². The first-order valence-electron chi connectivity index (χ1n) is 6.75. The van der Waals surface area contributed by atoms with Gasteiger partial charge in [-0.1, -0.05) is 48.6 Å². The molecule has 19 heavy (non-hydrogen) atoms. The summed E-state index contributed by atoms with van der Waals surface area (Å²) in [5.74, 6) is 0.509. The van der Waals surface area contributed by atoms with E-state index in [2.05, 4.69) is 68.3 Å². The number of thioether (sulfide) groups is 1. The van der Waals surface area contributed by atoms with Gasteiger partial charge in [-0.15, -0.1) is 0 Å². The quantitative estimate of drug-likeness (QED) is 0.624. The molecule has 1 atom stereocenters. The highest BCUT2D eigenvalue weighted by molar-refractivity contribution is 8.07. The summed E-state index contributed by atoms with van der Waals surface area (Å²) >= 11 is 1.88. The Labute approximate surface area is 119 Å². The van der Waals surface area contributed by atoms with Gasteiger partial charge in [-0.2, -0.15) is 0 Å². The summed E-state index contributed by atoms with van der Waals surface area (Å²) in [5.41, 5.74) is 4.07. The van der Waals surface area contributed by atoms with Crippen LogP contribution in [0.2, 0.25) is 0 Å². The summed E-state index contributed by atoms with van der Waals surface area (Å²) in [6, 6.07) is 0. The van der Waals surface area contributed by atoms with Crippen molar-refractivity contribution in [3.05, 3.63) is 69.3 Å². The van der Waals surface area contributed by atoms with Crippen molar-refractivity contribution in [3.63, 3.8) is 0 Å². The molecule has 2 heteroatoms. The molecule has 0 N–H and O–H groups in total. The molecule has 1 aliphatic heterocycles. The molecule has 1 heterocycles. The van der Waals surface area contributed by atoms with Crippen LogP contribution in [0, 0.1) is 5.92 Å². The highest BCUT2D eigenvalue weighted by atomic mass is 32.2. The third kappa shape index (κ3) is 2.37. The minimum absolute atomic E-state index is 0.509. The predicted octanol–water partition coefficient (Wildman–Crippen LogP) is 4.76. The zero-order chi connectivity index (χ0) is 13.4. The van der Waals surface area contributed by atoms with E-state index in [0.29, 0.717) is 5.92 Å². The monoisotopic (exact) mass is 269 g/mol. The molecule has 0 aromatic heterocycles. The van der Waals surface area contributed by atoms with E-state index in [9.17, 15) is 0 Å². The first kappa shape index (κ1) is 12.6. The lowest BCUT2D eigenvalue weighted by atomic mass is 10.1. The summed E-state index contributed by atoms with van der Waals surface area (Å²) < 4.78 is 0. The molecule has 0 amide bonds. The average molecular weight is 269 g/mol. The van der Waals surface area contributed by atoms with E-state index in [1.807, 2.05) is 11.8 Å². The zero-order valence-electron chi connectivity index (χ0n) is 11.7. The first-order valence-corrected chi connectivity index (χ1v) is 7.57. The van der Waals surface area contributed by atoms with Crippen molar-refractivity contribution in [1.82, 2.24) is 4.90 Å². The summed E-state index contributed by atoms with van der Waals surface area (Å²) in [6.07, 6.45) is 16.9. The zero-order valence-corrected chi connectivity index (χ0v) is 12.5. The SMILES string of the molecule is CC1=CC=C2SC3=C(C=CC(C)C=C3)N(C)C2=CC1. The van der Waals surface area contributed by atoms with Crippen LogP contribution >= 0.6 is 11.8 Å². The third-order valence-corrected chi connectivity index (χ3v) is 4.82. The smallest absolute Gasteiger partial charge is 0.0547 e. The number of rotatable bonds is 0. The number of hydrogen-bond acceptors (Lipinski definition) is 2. The van der Waals surface area contributed by atoms with Gasteiger partial charge in [0.15, 0.2) is 0 Å². The minimum Gasteiger partial charge on any atom is -0.343 e. The second-order valence-electron chi connectivity index (χ2n) is 5.33. The van der Waals surface area contributed by atoms with Crippen LogP contribution in [0.1, 0.15) is 20.3 Å². The molecule has 0 aromatic rings. The van der Waals surface area contributed by atoms with Gasteiger partial charge in [0.1, 0.15) is 0 Å². The minimum atomic E-state index is 0.509. The van der Waals surface area contributed by atoms with Crippen LogP contribution in [-0.2, 0) is 0 Å². The highest BCUT2D eigenvalue weighted by Gasteiger charge is 2.24. The van der Waals surface area contributed by atoms with E-state index >= 15 is 0 Å². The lowest BCUT2D eigenvalue weighted by Gasteiger charge is -2.31. The van der Waals surface area contributed by atoms with Gasteiger partial charge in [-0.3, -0.25) is 0 Å². The lowest BCUT2D eigenvalue weighted by molar-refractivity contribution is 0.545. The molecule has 1 nitrogen and oxygen atoms in total. The topological polar surface area (TPSA) is 3.24 Å². The third-order valence-electron chi connectivity index (χ3n) is 3.69. The van der Waals surface area contributed by atoms with Crippen LogP contribution in [0.25, 0.3) is 0 Å². The van der Waals surface area contributed by atoms with Gasteiger partial charge in [0, 0.05) is 16.9 Å². The van der Waals surface area contributed by atoms with Crippen molar-refractivity contribution < 1.29 is 0 Å². The maximum absolute atomic E-state index is 2.34. The van der Waals surface area contributed by atoms with Gasteiger partial charge >= 0.3 is 0 Å². The molecular formula is C17H19NS. The normalized spacial score (nSPS) is 25.9. The summed E-state index contributed by atoms with van der Waals surface area (Å²) in [6.45, 7) is 4.41. The molecule has 0 aromatic carbocycles. The highest BCUT2D eigenvalue weighted by Crippen LogP contribution is 2.44. The van der Waals surface area contributed by atoms with Gasteiger partial charge in [-0.25, -0.2) is 0 Å². The molecule has 0 saturated carbocycles. The van der Waals surface area contributed by atoms with Crippen molar-refractivity contribution in [3.8, 4) is 0 Å². The van der Waals surface area contributed by atoms with Crippen LogP contribution in [-0.4, -0.2) is 11.9 Å². The van der Waals surface area contributed by atoms with Gasteiger partial charge in [0.25, 0.3) is 0 Å². The number of likely N-dealkylation sites (N-methyl/N-ethyl adjacent to an activating group) is 1. The Hall–Kier alpha value is -1.41. The van der Waals surface area contributed by atoms with Crippen molar-refractivity contribution in [2.75, 3.05) is 7.05 Å². The Morgan fingerprint density at radius 1 is 1.21 bits per heavy atom. The fourth-order valence-corrected chi connectivity index (χ4v) is 3.60. The van der Waals surface area contributed by atoms with E-state index in [4.69, 9.17) is 0 Å². The van der Waals surface area contributed by atoms with E-state index in [1.54, 1.807) is 0 Å². The fraction of sp³-hybridized carbons (Fsp3) is 0.294. The lowest BCUT2D eigenvalue weighted by Crippen LogP contribution is -2.21. The number of allylic oxidation sites excluding steroid dienone is 8. The predicted molar refractivity (Wildman–Crippen MR) is 84.4 cm³/mol. The molecular weight excluding hydrogens is 250 g/mol. The molecule has 0 saturated heterocycles. The molecule has 0 spiro atoms. The van der Waals surface area contributed by atoms with Crippen LogP contribution in [0.3, 0.4) is 0 Å². The molecule has 0 radical (unpaired) electrons. The maximum Gasteiger partial charge on any atom is 0.0547 e. The van der Waals surface area contributed by atoms with Gasteiger partial charge in [-0.05, 0) is 37.5 Å². The van der Waals surface area contributed by atoms with Crippen LogP contribution in [0.15, 0.2) is 69.3 Å². The van der Waals surface area contributed by atoms with Gasteiger partial charge in [0.2, 0.25) is 0 Å². The van der Waals surface area contributed by atoms with Crippen LogP contribution in [0.5, 0.6) is 0 Å². The number of fused-ring (bicyclic) bond motifs is 1. The molecule has 0 bridgehead atoms. The molecule has 3 rings (SSSR count). The van der Waals surface area contributed by atoms with Crippen molar-refractivity contribution >= 4 is 11.8 Å². The molecule has 98 valence electrons. The Balaban J connectivity index is 2.06. The van der Waals surface area contributed by atoms with Crippen molar-refractivity contribution in [1.29, 1.82) is 0 Å². The summed E-state index contributed by atoms with van der Waals surface area (Å²) in [7, 11) is 2.17. The largest absolute Gasteiger partial charge is 0.343 e. The number of hydrogen-bond donors (Lipinski definition) is 0. The van der Waals surface area contributed by atoms with Crippen molar-refractivity contribution in [2.24, 2.45) is 5.92 Å². The Kier molecular flexibility index (Phi) is 3.28. The second-order valence-corrected chi connectivity index (χ2v) is 6.41. The van der Waals surface area contributed by atoms with E-state index in [0.717, 1.165) is 6.42 Å². The van der Waals surface area contributed by atoms with E-state index in [1.165, 1.54) is 26.8 Å². The van der Waals surface area contributed by atoms with E-state index < -0.39 is 0 Å². The first-order chi connectivity index (χ1) is 9.15. The summed E-state index contributed by atoms with van der Waals surface area (Å²) in [4.78, 5) is 5.02. The van der Waals surface area contributed by atoms with Crippen LogP contribution in [0.4, 0.5) is 0 Å². The summed E-state index contributed by atoms with van der Waals surface area (Å²) in [5, 5.41) is 0. The Morgan fingerprint density at radius 3 is 2.84 bits per heavy atom. The standard InChI is InChI=1S/C17H19NS/c1-12-4-8-14-16(10-6-12)19-17-11-7-13(2)5-9-15(17)18(14)3/h4,6-12H,5H2,1-3H3.